The van der Waals surface area contributed by atoms with E-state index in [0.717, 1.165) is 11.0 Å². The van der Waals surface area contributed by atoms with Gasteiger partial charge < -0.3 is 4.74 Å². The topological polar surface area (TPSA) is 43.4 Å². The van der Waals surface area contributed by atoms with E-state index in [-0.39, 0.29) is 12.4 Å². The van der Waals surface area contributed by atoms with Gasteiger partial charge in [0.25, 0.3) is 0 Å². The molecule has 0 radical (unpaired) electrons. The lowest BCUT2D eigenvalue weighted by molar-refractivity contribution is -0.136. The highest BCUT2D eigenvalue weighted by atomic mass is 32.1. The molecular formula is C21H16O3S. The van der Waals surface area contributed by atoms with Crippen LogP contribution in [0.25, 0.3) is 16.2 Å². The molecule has 0 aliphatic rings. The van der Waals surface area contributed by atoms with Gasteiger partial charge in [0.15, 0.2) is 5.78 Å². The molecule has 1 aromatic heterocycles. The number of rotatable bonds is 6. The molecule has 0 unspecified atom stereocenters. The summed E-state index contributed by atoms with van der Waals surface area (Å²) in [5.41, 5.74) is 0.538. The molecule has 0 aliphatic heterocycles. The molecule has 0 spiro atoms. The average Bonchev–Trinajstić information content (AvgIpc) is 3.07. The number of hydrogen-bond donors (Lipinski definition) is 0. The summed E-state index contributed by atoms with van der Waals surface area (Å²) in [6.07, 6.45) is 6.10. The number of carbonyl (C=O) groups excluding carboxylic acids is 2. The maximum absolute atomic E-state index is 11.8. The summed E-state index contributed by atoms with van der Waals surface area (Å²) in [5, 5.41) is 1.20. The Labute approximate surface area is 149 Å². The number of ether oxygens (including phenoxy) is 1. The molecule has 124 valence electrons. The Balaban J connectivity index is 1.49. The lowest BCUT2D eigenvalue weighted by Gasteiger charge is -1.96. The Kier molecular flexibility index (Phi) is 5.54. The van der Waals surface area contributed by atoms with Crippen LogP contribution in [0.5, 0.6) is 0 Å². The minimum Gasteiger partial charge on any atom is -0.458 e. The standard InChI is InChI=1S/C21H16O3S/c22-19(16-7-2-1-3-8-16)12-13-21(23)24-14-6-10-18-15-17-9-4-5-11-20(17)25-18/h1-13,15H,14H2/b10-6+,13-12+. The van der Waals surface area contributed by atoms with E-state index in [1.165, 1.54) is 16.2 Å². The zero-order chi connectivity index (χ0) is 17.5. The number of hydrogen-bond acceptors (Lipinski definition) is 4. The van der Waals surface area contributed by atoms with Crippen LogP contribution in [0.15, 0.2) is 78.9 Å². The maximum Gasteiger partial charge on any atom is 0.331 e. The molecule has 1 heterocycles. The number of ketones is 1. The van der Waals surface area contributed by atoms with Crippen LogP contribution in [0.3, 0.4) is 0 Å². The third-order valence-corrected chi connectivity index (χ3v) is 4.56. The molecule has 4 heteroatoms. The predicted octanol–water partition coefficient (Wildman–Crippen LogP) is 4.90. The fourth-order valence-corrected chi connectivity index (χ4v) is 3.27. The fourth-order valence-electron chi connectivity index (χ4n) is 2.27. The number of allylic oxidation sites excluding steroid dienone is 1. The minimum atomic E-state index is -0.537. The van der Waals surface area contributed by atoms with Crippen molar-refractivity contribution in [1.29, 1.82) is 0 Å². The second-order valence-electron chi connectivity index (χ2n) is 5.28. The molecule has 0 amide bonds. The molecule has 3 nitrogen and oxygen atoms in total. The first-order valence-electron chi connectivity index (χ1n) is 7.82. The van der Waals surface area contributed by atoms with Crippen LogP contribution in [-0.2, 0) is 9.53 Å². The van der Waals surface area contributed by atoms with E-state index in [2.05, 4.69) is 18.2 Å². The molecule has 0 saturated heterocycles. The Bertz CT molecular complexity index is 903. The Morgan fingerprint density at radius 2 is 1.72 bits per heavy atom. The van der Waals surface area contributed by atoms with Gasteiger partial charge in [-0.15, -0.1) is 11.3 Å². The molecule has 25 heavy (non-hydrogen) atoms. The van der Waals surface area contributed by atoms with E-state index in [1.54, 1.807) is 41.7 Å². The molecule has 0 aliphatic carbocycles. The number of fused-ring (bicyclic) bond motifs is 1. The molecule has 3 aromatic rings. The quantitative estimate of drug-likeness (QED) is 0.362. The summed E-state index contributed by atoms with van der Waals surface area (Å²) in [6, 6.07) is 19.0. The first kappa shape index (κ1) is 16.9. The molecule has 3 rings (SSSR count). The zero-order valence-corrected chi connectivity index (χ0v) is 14.2. The van der Waals surface area contributed by atoms with Crippen molar-refractivity contribution in [3.8, 4) is 0 Å². The van der Waals surface area contributed by atoms with Crippen LogP contribution >= 0.6 is 11.3 Å². The fraction of sp³-hybridized carbons (Fsp3) is 0.0476. The van der Waals surface area contributed by atoms with Gasteiger partial charge in [-0.3, -0.25) is 4.79 Å². The van der Waals surface area contributed by atoms with Gasteiger partial charge in [0.1, 0.15) is 6.61 Å². The van der Waals surface area contributed by atoms with Crippen molar-refractivity contribution in [2.24, 2.45) is 0 Å². The molecule has 0 atom stereocenters. The summed E-state index contributed by atoms with van der Waals surface area (Å²) in [6.45, 7) is 0.164. The van der Waals surface area contributed by atoms with Crippen LogP contribution in [0.2, 0.25) is 0 Å². The van der Waals surface area contributed by atoms with Crippen molar-refractivity contribution in [2.75, 3.05) is 6.61 Å². The third kappa shape index (κ3) is 4.75. The SMILES string of the molecule is O=C(/C=C/C(=O)c1ccccc1)OC/C=C/c1cc2ccccc2s1. The summed E-state index contributed by atoms with van der Waals surface area (Å²) in [5.74, 6) is -0.761. The lowest BCUT2D eigenvalue weighted by atomic mass is 10.1. The normalized spacial score (nSPS) is 11.4. The van der Waals surface area contributed by atoms with Gasteiger partial charge in [0.05, 0.1) is 0 Å². The van der Waals surface area contributed by atoms with E-state index in [9.17, 15) is 9.59 Å². The smallest absolute Gasteiger partial charge is 0.331 e. The number of esters is 1. The van der Waals surface area contributed by atoms with Gasteiger partial charge in [-0.05, 0) is 35.7 Å². The highest BCUT2D eigenvalue weighted by Crippen LogP contribution is 2.25. The summed E-state index contributed by atoms with van der Waals surface area (Å²) in [7, 11) is 0. The van der Waals surface area contributed by atoms with E-state index >= 15 is 0 Å². The summed E-state index contributed by atoms with van der Waals surface area (Å²) >= 11 is 1.68. The highest BCUT2D eigenvalue weighted by Gasteiger charge is 2.02. The lowest BCUT2D eigenvalue weighted by Crippen LogP contribution is -2.02. The van der Waals surface area contributed by atoms with Gasteiger partial charge >= 0.3 is 5.97 Å². The van der Waals surface area contributed by atoms with Gasteiger partial charge in [-0.25, -0.2) is 4.79 Å². The van der Waals surface area contributed by atoms with Crippen molar-refractivity contribution in [3.63, 3.8) is 0 Å². The van der Waals surface area contributed by atoms with Gasteiger partial charge in [0.2, 0.25) is 0 Å². The van der Waals surface area contributed by atoms with Crippen molar-refractivity contribution in [2.45, 2.75) is 0 Å². The van der Waals surface area contributed by atoms with E-state index in [0.29, 0.717) is 5.56 Å². The van der Waals surface area contributed by atoms with Crippen LogP contribution in [0.4, 0.5) is 0 Å². The van der Waals surface area contributed by atoms with Crippen LogP contribution in [0, 0.1) is 0 Å². The Morgan fingerprint density at radius 1 is 0.960 bits per heavy atom. The first-order chi connectivity index (χ1) is 12.2. The largest absolute Gasteiger partial charge is 0.458 e. The van der Waals surface area contributed by atoms with Crippen molar-refractivity contribution in [3.05, 3.63) is 89.3 Å². The number of carbonyl (C=O) groups is 2. The molecule has 0 fully saturated rings. The first-order valence-corrected chi connectivity index (χ1v) is 8.63. The molecule has 0 N–H and O–H groups in total. The zero-order valence-electron chi connectivity index (χ0n) is 13.4. The minimum absolute atomic E-state index is 0.164. The monoisotopic (exact) mass is 348 g/mol. The number of benzene rings is 2. The second kappa shape index (κ2) is 8.22. The van der Waals surface area contributed by atoms with Gasteiger partial charge in [-0.1, -0.05) is 48.5 Å². The van der Waals surface area contributed by atoms with E-state index in [1.807, 2.05) is 24.3 Å². The highest BCUT2D eigenvalue weighted by molar-refractivity contribution is 7.19. The van der Waals surface area contributed by atoms with Gasteiger partial charge in [-0.2, -0.15) is 0 Å². The Hall–Kier alpha value is -2.98. The van der Waals surface area contributed by atoms with Crippen molar-refractivity contribution >= 4 is 39.3 Å². The molecular weight excluding hydrogens is 332 g/mol. The maximum atomic E-state index is 11.8. The van der Waals surface area contributed by atoms with Crippen LogP contribution in [-0.4, -0.2) is 18.4 Å². The van der Waals surface area contributed by atoms with Crippen molar-refractivity contribution < 1.29 is 14.3 Å². The second-order valence-corrected chi connectivity index (χ2v) is 6.40. The van der Waals surface area contributed by atoms with Crippen LogP contribution in [0.1, 0.15) is 15.2 Å². The van der Waals surface area contributed by atoms with Crippen LogP contribution < -0.4 is 0 Å². The predicted molar refractivity (Wildman–Crippen MR) is 102 cm³/mol. The third-order valence-electron chi connectivity index (χ3n) is 3.48. The van der Waals surface area contributed by atoms with Crippen molar-refractivity contribution in [1.82, 2.24) is 0 Å². The van der Waals surface area contributed by atoms with Gasteiger partial charge in [0, 0.05) is 21.2 Å². The summed E-state index contributed by atoms with van der Waals surface area (Å²) in [4.78, 5) is 24.6. The Morgan fingerprint density at radius 3 is 2.52 bits per heavy atom. The summed E-state index contributed by atoms with van der Waals surface area (Å²) < 4.78 is 6.29. The van der Waals surface area contributed by atoms with E-state index in [4.69, 9.17) is 4.74 Å². The molecule has 0 bridgehead atoms. The van der Waals surface area contributed by atoms with E-state index < -0.39 is 5.97 Å². The molecule has 0 saturated carbocycles. The average molecular weight is 348 g/mol. The molecule has 2 aromatic carbocycles. The number of thiophene rings is 1.